The summed E-state index contributed by atoms with van der Waals surface area (Å²) in [6, 6.07) is 12.9. The van der Waals surface area contributed by atoms with Crippen LogP contribution in [-0.2, 0) is 36.8 Å². The number of benzene rings is 2. The van der Waals surface area contributed by atoms with Crippen molar-refractivity contribution in [1.82, 2.24) is 4.90 Å². The van der Waals surface area contributed by atoms with E-state index in [0.29, 0.717) is 11.3 Å². The van der Waals surface area contributed by atoms with Crippen LogP contribution < -0.4 is 0 Å². The summed E-state index contributed by atoms with van der Waals surface area (Å²) in [6.45, 7) is -0.261. The molecule has 0 fully saturated rings. The van der Waals surface area contributed by atoms with E-state index in [9.17, 15) is 18.8 Å². The van der Waals surface area contributed by atoms with Crippen LogP contribution in [0, 0.1) is 5.82 Å². The molecule has 6 nitrogen and oxygen atoms in total. The highest BCUT2D eigenvalue weighted by atomic mass is 32.2. The van der Waals surface area contributed by atoms with Crippen LogP contribution in [-0.4, -0.2) is 48.3 Å². The first kappa shape index (κ1) is 20.9. The summed E-state index contributed by atoms with van der Waals surface area (Å²) < 4.78 is 23.5. The van der Waals surface area contributed by atoms with Gasteiger partial charge in [0.15, 0.2) is 6.61 Å². The Kier molecular flexibility index (Phi) is 6.87. The fraction of sp³-hybridized carbons (Fsp3) is 0.286. The first-order chi connectivity index (χ1) is 14.0. The number of rotatable bonds is 6. The summed E-state index contributed by atoms with van der Waals surface area (Å²) in [5.74, 6) is -2.20. The zero-order valence-electron chi connectivity index (χ0n) is 15.8. The Morgan fingerprint density at radius 3 is 2.52 bits per heavy atom. The third-order valence-corrected chi connectivity index (χ3v) is 5.60. The van der Waals surface area contributed by atoms with Gasteiger partial charge in [0, 0.05) is 17.9 Å². The van der Waals surface area contributed by atoms with Crippen LogP contribution in [0.2, 0.25) is 0 Å². The summed E-state index contributed by atoms with van der Waals surface area (Å²) in [6.07, 6.45) is 0.339. The second-order valence-corrected chi connectivity index (χ2v) is 7.43. The molecule has 0 unspecified atom stereocenters. The predicted octanol–water partition coefficient (Wildman–Crippen LogP) is 2.59. The van der Waals surface area contributed by atoms with Gasteiger partial charge in [-0.05, 0) is 23.3 Å². The molecule has 1 atom stereocenters. The van der Waals surface area contributed by atoms with Gasteiger partial charge in [0.1, 0.15) is 11.9 Å². The van der Waals surface area contributed by atoms with Gasteiger partial charge in [-0.2, -0.15) is 0 Å². The van der Waals surface area contributed by atoms with E-state index in [0.717, 1.165) is 22.9 Å². The fourth-order valence-corrected chi connectivity index (χ4v) is 3.83. The standard InChI is InChI=1S/C21H20FNO5S/c1-27-21(26)17-10-14-6-2-3-7-15(14)11-23(17)19(24)12-28-20(25)13-29-18-9-5-4-8-16(18)22/h2-9,17H,10-13H2,1H3/t17-/m1/s1. The molecule has 0 N–H and O–H groups in total. The molecule has 3 rings (SSSR count). The number of thioether (sulfide) groups is 1. The summed E-state index contributed by atoms with van der Waals surface area (Å²) in [7, 11) is 1.27. The zero-order valence-corrected chi connectivity index (χ0v) is 16.6. The van der Waals surface area contributed by atoms with E-state index >= 15 is 0 Å². The monoisotopic (exact) mass is 417 g/mol. The van der Waals surface area contributed by atoms with Gasteiger partial charge in [-0.1, -0.05) is 36.4 Å². The van der Waals surface area contributed by atoms with Gasteiger partial charge in [0.25, 0.3) is 5.91 Å². The van der Waals surface area contributed by atoms with Crippen LogP contribution in [0.3, 0.4) is 0 Å². The Bertz CT molecular complexity index is 919. The first-order valence-corrected chi connectivity index (χ1v) is 9.95. The third kappa shape index (κ3) is 5.14. The Morgan fingerprint density at radius 1 is 1.10 bits per heavy atom. The van der Waals surface area contributed by atoms with E-state index in [-0.39, 0.29) is 12.3 Å². The van der Waals surface area contributed by atoms with Crippen molar-refractivity contribution < 1.29 is 28.2 Å². The number of carbonyl (C=O) groups excluding carboxylic acids is 3. The topological polar surface area (TPSA) is 72.9 Å². The smallest absolute Gasteiger partial charge is 0.328 e. The highest BCUT2D eigenvalue weighted by Crippen LogP contribution is 2.24. The second-order valence-electron chi connectivity index (χ2n) is 6.41. The highest BCUT2D eigenvalue weighted by molar-refractivity contribution is 8.00. The second kappa shape index (κ2) is 9.56. The molecule has 1 amide bonds. The minimum absolute atomic E-state index is 0.128. The maximum atomic E-state index is 13.6. The largest absolute Gasteiger partial charge is 0.467 e. The average molecular weight is 417 g/mol. The Labute approximate surface area is 172 Å². The van der Waals surface area contributed by atoms with Crippen molar-refractivity contribution in [3.8, 4) is 0 Å². The van der Waals surface area contributed by atoms with Crippen molar-refractivity contribution in [3.63, 3.8) is 0 Å². The van der Waals surface area contributed by atoms with Crippen LogP contribution >= 0.6 is 11.8 Å². The number of hydrogen-bond donors (Lipinski definition) is 0. The molecule has 2 aromatic rings. The average Bonchev–Trinajstić information content (AvgIpc) is 2.75. The Hall–Kier alpha value is -2.87. The molecular weight excluding hydrogens is 397 g/mol. The number of amides is 1. The maximum Gasteiger partial charge on any atom is 0.328 e. The van der Waals surface area contributed by atoms with Crippen LogP contribution in [0.1, 0.15) is 11.1 Å². The number of methoxy groups -OCH3 is 1. The lowest BCUT2D eigenvalue weighted by molar-refractivity contribution is -0.158. The lowest BCUT2D eigenvalue weighted by Crippen LogP contribution is -2.50. The number of ether oxygens (including phenoxy) is 2. The summed E-state index contributed by atoms with van der Waals surface area (Å²) >= 11 is 0.994. The number of nitrogens with zero attached hydrogens (tertiary/aromatic N) is 1. The molecule has 152 valence electrons. The minimum atomic E-state index is -0.770. The molecule has 1 aliphatic heterocycles. The van der Waals surface area contributed by atoms with Crippen LogP contribution in [0.25, 0.3) is 0 Å². The molecule has 0 aromatic heterocycles. The molecule has 29 heavy (non-hydrogen) atoms. The van der Waals surface area contributed by atoms with Gasteiger partial charge in [0.05, 0.1) is 12.9 Å². The van der Waals surface area contributed by atoms with E-state index in [1.165, 1.54) is 18.1 Å². The number of hydrogen-bond acceptors (Lipinski definition) is 6. The Balaban J connectivity index is 1.59. The van der Waals surface area contributed by atoms with Crippen LogP contribution in [0.15, 0.2) is 53.4 Å². The van der Waals surface area contributed by atoms with Gasteiger partial charge in [-0.3, -0.25) is 9.59 Å². The van der Waals surface area contributed by atoms with E-state index in [1.807, 2.05) is 24.3 Å². The zero-order chi connectivity index (χ0) is 20.8. The Morgan fingerprint density at radius 2 is 1.79 bits per heavy atom. The quantitative estimate of drug-likeness (QED) is 0.531. The number of carbonyl (C=O) groups is 3. The maximum absolute atomic E-state index is 13.6. The molecule has 0 spiro atoms. The van der Waals surface area contributed by atoms with Gasteiger partial charge < -0.3 is 14.4 Å². The lowest BCUT2D eigenvalue weighted by Gasteiger charge is -2.35. The van der Waals surface area contributed by atoms with E-state index in [2.05, 4.69) is 0 Å². The number of halogens is 1. The SMILES string of the molecule is COC(=O)[C@H]1Cc2ccccc2CN1C(=O)COC(=O)CSc1ccccc1F. The summed E-state index contributed by atoms with van der Waals surface area (Å²) in [5, 5.41) is 0. The summed E-state index contributed by atoms with van der Waals surface area (Å²) in [4.78, 5) is 38.5. The molecular formula is C21H20FNO5S. The number of esters is 2. The van der Waals surface area contributed by atoms with Crippen LogP contribution in [0.5, 0.6) is 0 Å². The van der Waals surface area contributed by atoms with E-state index < -0.39 is 36.3 Å². The molecule has 0 bridgehead atoms. The third-order valence-electron chi connectivity index (χ3n) is 4.58. The lowest BCUT2D eigenvalue weighted by atomic mass is 9.94. The fourth-order valence-electron chi connectivity index (χ4n) is 3.10. The molecule has 0 saturated carbocycles. The molecule has 1 aliphatic rings. The predicted molar refractivity (Wildman–Crippen MR) is 105 cm³/mol. The molecule has 2 aromatic carbocycles. The van der Waals surface area contributed by atoms with E-state index in [4.69, 9.17) is 9.47 Å². The van der Waals surface area contributed by atoms with Gasteiger partial charge in [0.2, 0.25) is 0 Å². The van der Waals surface area contributed by atoms with Crippen LogP contribution in [0.4, 0.5) is 4.39 Å². The molecule has 8 heteroatoms. The van der Waals surface area contributed by atoms with Crippen molar-refractivity contribution in [2.24, 2.45) is 0 Å². The molecule has 1 heterocycles. The van der Waals surface area contributed by atoms with Crippen molar-refractivity contribution >= 4 is 29.6 Å². The number of fused-ring (bicyclic) bond motifs is 1. The minimum Gasteiger partial charge on any atom is -0.467 e. The molecule has 0 radical (unpaired) electrons. The van der Waals surface area contributed by atoms with Crippen molar-refractivity contribution in [3.05, 3.63) is 65.5 Å². The molecule has 0 saturated heterocycles. The van der Waals surface area contributed by atoms with E-state index in [1.54, 1.807) is 18.2 Å². The van der Waals surface area contributed by atoms with Gasteiger partial charge >= 0.3 is 11.9 Å². The first-order valence-electron chi connectivity index (χ1n) is 8.96. The van der Waals surface area contributed by atoms with Gasteiger partial charge in [-0.25, -0.2) is 9.18 Å². The molecule has 0 aliphatic carbocycles. The highest BCUT2D eigenvalue weighted by Gasteiger charge is 2.35. The van der Waals surface area contributed by atoms with Crippen molar-refractivity contribution in [1.29, 1.82) is 0 Å². The van der Waals surface area contributed by atoms with Crippen molar-refractivity contribution in [2.75, 3.05) is 19.5 Å². The summed E-state index contributed by atoms with van der Waals surface area (Å²) in [5.41, 5.74) is 1.91. The van der Waals surface area contributed by atoms with Gasteiger partial charge in [-0.15, -0.1) is 11.8 Å². The van der Waals surface area contributed by atoms with Crippen molar-refractivity contribution in [2.45, 2.75) is 23.9 Å². The normalized spacial score (nSPS) is 15.4.